The van der Waals surface area contributed by atoms with Gasteiger partial charge in [0.05, 0.1) is 6.61 Å². The van der Waals surface area contributed by atoms with Crippen molar-refractivity contribution in [3.05, 3.63) is 29.6 Å². The Kier molecular flexibility index (Phi) is 4.25. The topological polar surface area (TPSA) is 20.2 Å². The number of aliphatic hydroxyl groups is 1. The van der Waals surface area contributed by atoms with Crippen LogP contribution in [0.15, 0.2) is 23.1 Å². The first-order valence-corrected chi connectivity index (χ1v) is 5.28. The molecule has 0 unspecified atom stereocenters. The standard InChI is InChI=1S/C10H13FOS/c1-2-5-13-10-4-3-9(11)6-8(10)7-12/h3-4,6,12H,2,5,7H2,1H3. The van der Waals surface area contributed by atoms with Gasteiger partial charge >= 0.3 is 0 Å². The first-order chi connectivity index (χ1) is 6.27. The number of rotatable bonds is 4. The van der Waals surface area contributed by atoms with Crippen molar-refractivity contribution < 1.29 is 9.50 Å². The van der Waals surface area contributed by atoms with Gasteiger partial charge in [0.25, 0.3) is 0 Å². The molecule has 1 aromatic carbocycles. The maximum atomic E-state index is 12.7. The molecule has 0 atom stereocenters. The van der Waals surface area contributed by atoms with Crippen LogP contribution in [0.2, 0.25) is 0 Å². The van der Waals surface area contributed by atoms with Gasteiger partial charge in [0.15, 0.2) is 0 Å². The lowest BCUT2D eigenvalue weighted by molar-refractivity contribution is 0.278. The summed E-state index contributed by atoms with van der Waals surface area (Å²) < 4.78 is 12.7. The molecule has 0 aliphatic heterocycles. The summed E-state index contributed by atoms with van der Waals surface area (Å²) in [5.74, 6) is 0.712. The summed E-state index contributed by atoms with van der Waals surface area (Å²) in [7, 11) is 0. The Bertz CT molecular complexity index is 276. The van der Waals surface area contributed by atoms with Crippen molar-refractivity contribution in [3.63, 3.8) is 0 Å². The van der Waals surface area contributed by atoms with Gasteiger partial charge in [-0.25, -0.2) is 4.39 Å². The van der Waals surface area contributed by atoms with Crippen LogP contribution in [0.3, 0.4) is 0 Å². The minimum absolute atomic E-state index is 0.0934. The van der Waals surface area contributed by atoms with Gasteiger partial charge in [0, 0.05) is 4.90 Å². The van der Waals surface area contributed by atoms with E-state index in [1.165, 1.54) is 12.1 Å². The van der Waals surface area contributed by atoms with Gasteiger partial charge in [-0.1, -0.05) is 6.92 Å². The fourth-order valence-electron chi connectivity index (χ4n) is 1.02. The summed E-state index contributed by atoms with van der Waals surface area (Å²) in [5.41, 5.74) is 0.679. The van der Waals surface area contributed by atoms with Crippen LogP contribution in [0, 0.1) is 5.82 Å². The molecule has 0 radical (unpaired) electrons. The van der Waals surface area contributed by atoms with Gasteiger partial charge < -0.3 is 5.11 Å². The molecular formula is C10H13FOS. The molecule has 0 spiro atoms. The fourth-order valence-corrected chi connectivity index (χ4v) is 1.92. The Hall–Kier alpha value is -0.540. The van der Waals surface area contributed by atoms with Crippen LogP contribution in [0.4, 0.5) is 4.39 Å². The normalized spacial score (nSPS) is 10.4. The molecule has 1 aromatic rings. The highest BCUT2D eigenvalue weighted by molar-refractivity contribution is 7.99. The Labute approximate surface area is 82.0 Å². The van der Waals surface area contributed by atoms with Crippen molar-refractivity contribution in [2.45, 2.75) is 24.8 Å². The van der Waals surface area contributed by atoms with E-state index in [-0.39, 0.29) is 12.4 Å². The van der Waals surface area contributed by atoms with E-state index in [2.05, 4.69) is 6.92 Å². The predicted molar refractivity (Wildman–Crippen MR) is 53.3 cm³/mol. The van der Waals surface area contributed by atoms with E-state index in [0.29, 0.717) is 5.56 Å². The van der Waals surface area contributed by atoms with Crippen molar-refractivity contribution in [3.8, 4) is 0 Å². The highest BCUT2D eigenvalue weighted by Gasteiger charge is 2.02. The molecule has 0 aromatic heterocycles. The van der Waals surface area contributed by atoms with Crippen LogP contribution < -0.4 is 0 Å². The Morgan fingerprint density at radius 2 is 2.23 bits per heavy atom. The summed E-state index contributed by atoms with van der Waals surface area (Å²) in [6.07, 6.45) is 1.08. The molecule has 13 heavy (non-hydrogen) atoms. The van der Waals surface area contributed by atoms with Crippen LogP contribution >= 0.6 is 11.8 Å². The Morgan fingerprint density at radius 3 is 2.85 bits per heavy atom. The second-order valence-electron chi connectivity index (χ2n) is 2.76. The molecular weight excluding hydrogens is 187 g/mol. The smallest absolute Gasteiger partial charge is 0.123 e. The molecule has 0 aliphatic carbocycles. The van der Waals surface area contributed by atoms with E-state index in [4.69, 9.17) is 5.11 Å². The minimum Gasteiger partial charge on any atom is -0.392 e. The molecule has 1 rings (SSSR count). The van der Waals surface area contributed by atoms with Gasteiger partial charge in [0.2, 0.25) is 0 Å². The SMILES string of the molecule is CCCSc1ccc(F)cc1CO. The number of benzene rings is 1. The summed E-state index contributed by atoms with van der Waals surface area (Å²) in [4.78, 5) is 0.978. The van der Waals surface area contributed by atoms with E-state index in [1.807, 2.05) is 0 Å². The van der Waals surface area contributed by atoms with Crippen LogP contribution in [0.5, 0.6) is 0 Å². The molecule has 0 saturated heterocycles. The third-order valence-corrected chi connectivity index (χ3v) is 2.98. The average molecular weight is 200 g/mol. The first kappa shape index (κ1) is 10.5. The molecule has 0 fully saturated rings. The lowest BCUT2D eigenvalue weighted by atomic mass is 10.2. The number of halogens is 1. The molecule has 1 N–H and O–H groups in total. The Balaban J connectivity index is 2.79. The lowest BCUT2D eigenvalue weighted by Gasteiger charge is -2.05. The number of hydrogen-bond acceptors (Lipinski definition) is 2. The molecule has 0 bridgehead atoms. The molecule has 0 saturated carbocycles. The van der Waals surface area contributed by atoms with Crippen molar-refractivity contribution in [2.24, 2.45) is 0 Å². The van der Waals surface area contributed by atoms with Crippen LogP contribution in [0.1, 0.15) is 18.9 Å². The molecule has 0 heterocycles. The van der Waals surface area contributed by atoms with Gasteiger partial charge in [-0.05, 0) is 35.9 Å². The third-order valence-electron chi connectivity index (χ3n) is 1.65. The van der Waals surface area contributed by atoms with Crippen LogP contribution in [-0.4, -0.2) is 10.9 Å². The minimum atomic E-state index is -0.287. The maximum Gasteiger partial charge on any atom is 0.123 e. The van der Waals surface area contributed by atoms with Gasteiger partial charge in [-0.15, -0.1) is 11.8 Å². The van der Waals surface area contributed by atoms with Crippen molar-refractivity contribution >= 4 is 11.8 Å². The zero-order valence-corrected chi connectivity index (χ0v) is 8.40. The quantitative estimate of drug-likeness (QED) is 0.754. The second kappa shape index (κ2) is 5.25. The number of hydrogen-bond donors (Lipinski definition) is 1. The second-order valence-corrected chi connectivity index (χ2v) is 3.90. The van der Waals surface area contributed by atoms with Crippen LogP contribution in [-0.2, 0) is 6.61 Å². The van der Waals surface area contributed by atoms with Gasteiger partial charge in [0.1, 0.15) is 5.82 Å². The highest BCUT2D eigenvalue weighted by atomic mass is 32.2. The molecule has 3 heteroatoms. The predicted octanol–water partition coefficient (Wildman–Crippen LogP) is 2.82. The van der Waals surface area contributed by atoms with E-state index < -0.39 is 0 Å². The number of thioether (sulfide) groups is 1. The summed E-state index contributed by atoms with van der Waals surface area (Å²) in [6, 6.07) is 4.54. The fraction of sp³-hybridized carbons (Fsp3) is 0.400. The number of aliphatic hydroxyl groups excluding tert-OH is 1. The van der Waals surface area contributed by atoms with Crippen LogP contribution in [0.25, 0.3) is 0 Å². The first-order valence-electron chi connectivity index (χ1n) is 4.30. The zero-order chi connectivity index (χ0) is 9.68. The van der Waals surface area contributed by atoms with Gasteiger partial charge in [-0.3, -0.25) is 0 Å². The van der Waals surface area contributed by atoms with E-state index in [0.717, 1.165) is 17.1 Å². The average Bonchev–Trinajstić information content (AvgIpc) is 2.16. The molecule has 0 amide bonds. The molecule has 1 nitrogen and oxygen atoms in total. The zero-order valence-electron chi connectivity index (χ0n) is 7.59. The van der Waals surface area contributed by atoms with Crippen molar-refractivity contribution in [2.75, 3.05) is 5.75 Å². The highest BCUT2D eigenvalue weighted by Crippen LogP contribution is 2.24. The van der Waals surface area contributed by atoms with E-state index in [1.54, 1.807) is 17.8 Å². The van der Waals surface area contributed by atoms with Crippen molar-refractivity contribution in [1.82, 2.24) is 0 Å². The molecule has 0 aliphatic rings. The summed E-state index contributed by atoms with van der Waals surface area (Å²) >= 11 is 1.65. The maximum absolute atomic E-state index is 12.7. The largest absolute Gasteiger partial charge is 0.392 e. The van der Waals surface area contributed by atoms with E-state index in [9.17, 15) is 4.39 Å². The molecule has 72 valence electrons. The van der Waals surface area contributed by atoms with E-state index >= 15 is 0 Å². The summed E-state index contributed by atoms with van der Waals surface area (Å²) in [5, 5.41) is 8.96. The van der Waals surface area contributed by atoms with Crippen molar-refractivity contribution in [1.29, 1.82) is 0 Å². The van der Waals surface area contributed by atoms with Gasteiger partial charge in [-0.2, -0.15) is 0 Å². The third kappa shape index (κ3) is 3.01. The lowest BCUT2D eigenvalue weighted by Crippen LogP contribution is -1.89. The monoisotopic (exact) mass is 200 g/mol. The summed E-state index contributed by atoms with van der Waals surface area (Å²) in [6.45, 7) is 2.00. The Morgan fingerprint density at radius 1 is 1.46 bits per heavy atom.